The molecule has 5 nitrogen and oxygen atoms in total. The van der Waals surface area contributed by atoms with Crippen molar-refractivity contribution >= 4 is 17.6 Å². The Morgan fingerprint density at radius 2 is 1.57 bits per heavy atom. The van der Waals surface area contributed by atoms with Crippen molar-refractivity contribution in [3.63, 3.8) is 0 Å². The van der Waals surface area contributed by atoms with Crippen LogP contribution in [-0.4, -0.2) is 22.1 Å². The highest BCUT2D eigenvalue weighted by atomic mass is 19.1. The number of amides is 1. The van der Waals surface area contributed by atoms with Crippen molar-refractivity contribution in [3.05, 3.63) is 59.2 Å². The minimum atomic E-state index is -1.44. The zero-order valence-electron chi connectivity index (χ0n) is 10.4. The fourth-order valence-electron chi connectivity index (χ4n) is 1.65. The Balaban J connectivity index is 2.23. The molecule has 0 aliphatic heterocycles. The van der Waals surface area contributed by atoms with Gasteiger partial charge < -0.3 is 15.5 Å². The number of benzene rings is 2. The van der Waals surface area contributed by atoms with Crippen LogP contribution < -0.4 is 5.32 Å². The molecule has 0 aliphatic rings. The maximum Gasteiger partial charge on any atom is 0.338 e. The number of anilines is 1. The summed E-state index contributed by atoms with van der Waals surface area (Å²) in [6.45, 7) is 0. The number of phenols is 1. The number of halogens is 2. The van der Waals surface area contributed by atoms with Crippen molar-refractivity contribution in [2.75, 3.05) is 5.32 Å². The van der Waals surface area contributed by atoms with Gasteiger partial charge in [-0.05, 0) is 30.3 Å². The molecule has 0 unspecified atom stereocenters. The Hall–Kier alpha value is -2.96. The lowest BCUT2D eigenvalue weighted by molar-refractivity contribution is 0.0691. The lowest BCUT2D eigenvalue weighted by Gasteiger charge is -2.07. The van der Waals surface area contributed by atoms with E-state index in [-0.39, 0.29) is 17.0 Å². The number of aromatic carboxylic acids is 1. The van der Waals surface area contributed by atoms with Crippen LogP contribution in [0.15, 0.2) is 36.4 Å². The van der Waals surface area contributed by atoms with E-state index >= 15 is 0 Å². The van der Waals surface area contributed by atoms with Gasteiger partial charge in [-0.3, -0.25) is 4.79 Å². The molecule has 1 amide bonds. The van der Waals surface area contributed by atoms with Crippen molar-refractivity contribution in [1.29, 1.82) is 0 Å². The van der Waals surface area contributed by atoms with Gasteiger partial charge >= 0.3 is 5.97 Å². The standard InChI is InChI=1S/C14H9F2NO4/c15-11-5-7(1-3-10(11)14(20)21)17-13(19)9-4-2-8(18)6-12(9)16/h1-6,18H,(H,17,19)(H,20,21). The summed E-state index contributed by atoms with van der Waals surface area (Å²) in [6.07, 6.45) is 0. The minimum Gasteiger partial charge on any atom is -0.508 e. The maximum absolute atomic E-state index is 13.5. The second kappa shape index (κ2) is 5.58. The van der Waals surface area contributed by atoms with E-state index in [0.717, 1.165) is 30.3 Å². The van der Waals surface area contributed by atoms with Gasteiger partial charge in [0.25, 0.3) is 5.91 Å². The number of hydrogen-bond donors (Lipinski definition) is 3. The molecular weight excluding hydrogens is 284 g/mol. The summed E-state index contributed by atoms with van der Waals surface area (Å²) in [5.74, 6) is -4.58. The molecule has 2 rings (SSSR count). The van der Waals surface area contributed by atoms with Crippen molar-refractivity contribution in [3.8, 4) is 5.75 Å². The molecule has 0 atom stereocenters. The molecule has 21 heavy (non-hydrogen) atoms. The van der Waals surface area contributed by atoms with E-state index in [1.807, 2.05) is 0 Å². The maximum atomic E-state index is 13.5. The molecule has 2 aromatic carbocycles. The Kier molecular flexibility index (Phi) is 3.84. The Labute approximate surface area is 117 Å². The van der Waals surface area contributed by atoms with Gasteiger partial charge in [0.05, 0.1) is 11.1 Å². The largest absolute Gasteiger partial charge is 0.508 e. The summed E-state index contributed by atoms with van der Waals surface area (Å²) in [7, 11) is 0. The van der Waals surface area contributed by atoms with Crippen LogP contribution >= 0.6 is 0 Å². The number of phenolic OH excluding ortho intramolecular Hbond substituents is 1. The average molecular weight is 293 g/mol. The molecule has 0 radical (unpaired) electrons. The molecule has 0 bridgehead atoms. The van der Waals surface area contributed by atoms with E-state index in [1.54, 1.807) is 0 Å². The lowest BCUT2D eigenvalue weighted by Crippen LogP contribution is -2.14. The third-order valence-electron chi connectivity index (χ3n) is 2.65. The molecule has 0 fully saturated rings. The molecule has 0 saturated carbocycles. The molecule has 0 spiro atoms. The Morgan fingerprint density at radius 3 is 2.14 bits per heavy atom. The third-order valence-corrected chi connectivity index (χ3v) is 2.65. The molecule has 0 heterocycles. The molecule has 0 aromatic heterocycles. The third kappa shape index (κ3) is 3.14. The monoisotopic (exact) mass is 293 g/mol. The highest BCUT2D eigenvalue weighted by molar-refractivity contribution is 6.04. The SMILES string of the molecule is O=C(O)c1ccc(NC(=O)c2ccc(O)cc2F)cc1F. The molecule has 0 aliphatic carbocycles. The van der Waals surface area contributed by atoms with E-state index in [1.165, 1.54) is 6.07 Å². The summed E-state index contributed by atoms with van der Waals surface area (Å²) in [5, 5.41) is 20.0. The number of hydrogen-bond acceptors (Lipinski definition) is 3. The first-order valence-electron chi connectivity index (χ1n) is 5.71. The first-order valence-corrected chi connectivity index (χ1v) is 5.71. The topological polar surface area (TPSA) is 86.6 Å². The fraction of sp³-hybridized carbons (Fsp3) is 0. The first kappa shape index (κ1) is 14.4. The number of aromatic hydroxyl groups is 1. The number of carboxylic acid groups (broad SMARTS) is 1. The van der Waals surface area contributed by atoms with E-state index in [0.29, 0.717) is 0 Å². The zero-order chi connectivity index (χ0) is 15.6. The highest BCUT2D eigenvalue weighted by Crippen LogP contribution is 2.18. The predicted molar refractivity (Wildman–Crippen MR) is 69.4 cm³/mol. The zero-order valence-corrected chi connectivity index (χ0v) is 10.4. The quantitative estimate of drug-likeness (QED) is 0.812. The predicted octanol–water partition coefficient (Wildman–Crippen LogP) is 2.62. The summed E-state index contributed by atoms with van der Waals surface area (Å²) in [6, 6.07) is 5.96. The molecular formula is C14H9F2NO4. The van der Waals surface area contributed by atoms with Crippen LogP contribution in [0.5, 0.6) is 5.75 Å². The minimum absolute atomic E-state index is 0.0185. The van der Waals surface area contributed by atoms with Gasteiger partial charge in [-0.1, -0.05) is 0 Å². The van der Waals surface area contributed by atoms with Gasteiger partial charge in [0.15, 0.2) is 0 Å². The van der Waals surface area contributed by atoms with Crippen LogP contribution in [-0.2, 0) is 0 Å². The van der Waals surface area contributed by atoms with Crippen LogP contribution in [0.1, 0.15) is 20.7 Å². The van der Waals surface area contributed by atoms with Crippen LogP contribution in [0.2, 0.25) is 0 Å². The van der Waals surface area contributed by atoms with Crippen molar-refractivity contribution in [2.24, 2.45) is 0 Å². The number of nitrogens with one attached hydrogen (secondary N) is 1. The summed E-state index contributed by atoms with van der Waals surface area (Å²) >= 11 is 0. The smallest absolute Gasteiger partial charge is 0.338 e. The number of rotatable bonds is 3. The van der Waals surface area contributed by atoms with Gasteiger partial charge in [-0.2, -0.15) is 0 Å². The summed E-state index contributed by atoms with van der Waals surface area (Å²) < 4.78 is 26.9. The number of carboxylic acids is 1. The Morgan fingerprint density at radius 1 is 0.952 bits per heavy atom. The van der Waals surface area contributed by atoms with Crippen molar-refractivity contribution in [2.45, 2.75) is 0 Å². The lowest BCUT2D eigenvalue weighted by atomic mass is 10.1. The van der Waals surface area contributed by atoms with Gasteiger partial charge in [-0.25, -0.2) is 13.6 Å². The van der Waals surface area contributed by atoms with E-state index < -0.39 is 29.1 Å². The van der Waals surface area contributed by atoms with Crippen molar-refractivity contribution in [1.82, 2.24) is 0 Å². The van der Waals surface area contributed by atoms with Crippen LogP contribution in [0.3, 0.4) is 0 Å². The second-order valence-electron chi connectivity index (χ2n) is 4.12. The second-order valence-corrected chi connectivity index (χ2v) is 4.12. The van der Waals surface area contributed by atoms with Gasteiger partial charge in [0.2, 0.25) is 0 Å². The van der Waals surface area contributed by atoms with E-state index in [4.69, 9.17) is 10.2 Å². The molecule has 0 saturated heterocycles. The molecule has 108 valence electrons. The van der Waals surface area contributed by atoms with Crippen LogP contribution in [0.25, 0.3) is 0 Å². The van der Waals surface area contributed by atoms with Gasteiger partial charge in [0, 0.05) is 11.8 Å². The molecule has 2 aromatic rings. The molecule has 7 heteroatoms. The van der Waals surface area contributed by atoms with Crippen LogP contribution in [0.4, 0.5) is 14.5 Å². The van der Waals surface area contributed by atoms with E-state index in [2.05, 4.69) is 5.32 Å². The normalized spacial score (nSPS) is 10.2. The summed E-state index contributed by atoms with van der Waals surface area (Å²) in [5.41, 5.74) is -0.894. The number of carbonyl (C=O) groups excluding carboxylic acids is 1. The average Bonchev–Trinajstić information content (AvgIpc) is 2.37. The fourth-order valence-corrected chi connectivity index (χ4v) is 1.65. The molecule has 3 N–H and O–H groups in total. The van der Waals surface area contributed by atoms with Crippen LogP contribution in [0, 0.1) is 11.6 Å². The van der Waals surface area contributed by atoms with Gasteiger partial charge in [0.1, 0.15) is 17.4 Å². The van der Waals surface area contributed by atoms with E-state index in [9.17, 15) is 18.4 Å². The first-order chi connectivity index (χ1) is 9.88. The van der Waals surface area contributed by atoms with Gasteiger partial charge in [-0.15, -0.1) is 0 Å². The Bertz CT molecular complexity index is 731. The van der Waals surface area contributed by atoms with Crippen molar-refractivity contribution < 1.29 is 28.6 Å². The summed E-state index contributed by atoms with van der Waals surface area (Å²) in [4.78, 5) is 22.5. The number of carbonyl (C=O) groups is 2. The highest BCUT2D eigenvalue weighted by Gasteiger charge is 2.15.